The van der Waals surface area contributed by atoms with Crippen LogP contribution in [0, 0.1) is 13.8 Å². The van der Waals surface area contributed by atoms with Crippen LogP contribution in [-0.2, 0) is 18.4 Å². The van der Waals surface area contributed by atoms with Crippen LogP contribution in [0.15, 0.2) is 42.9 Å². The molecule has 1 unspecified atom stereocenters. The van der Waals surface area contributed by atoms with Crippen molar-refractivity contribution in [3.63, 3.8) is 0 Å². The molecule has 0 radical (unpaired) electrons. The van der Waals surface area contributed by atoms with E-state index >= 15 is 0 Å². The van der Waals surface area contributed by atoms with Crippen molar-refractivity contribution < 1.29 is 9.53 Å². The normalized spacial score (nSPS) is 12.0. The van der Waals surface area contributed by atoms with E-state index in [0.717, 1.165) is 16.7 Å². The van der Waals surface area contributed by atoms with E-state index in [1.54, 1.807) is 23.1 Å². The van der Waals surface area contributed by atoms with Gasteiger partial charge in [0.25, 0.3) is 5.91 Å². The molecule has 0 fully saturated rings. The predicted molar refractivity (Wildman–Crippen MR) is 113 cm³/mol. The van der Waals surface area contributed by atoms with E-state index in [-0.39, 0.29) is 17.8 Å². The van der Waals surface area contributed by atoms with Crippen molar-refractivity contribution in [3.05, 3.63) is 65.1 Å². The number of nitrogens with two attached hydrogens (primary N) is 1. The second kappa shape index (κ2) is 8.87. The number of carbonyl (C=O) groups excluding carboxylic acids is 1. The summed E-state index contributed by atoms with van der Waals surface area (Å²) in [5, 5.41) is 7.07. The maximum atomic E-state index is 12.7. The number of benzene rings is 1. The summed E-state index contributed by atoms with van der Waals surface area (Å²) in [4.78, 5) is 16.8. The number of rotatable bonds is 7. The summed E-state index contributed by atoms with van der Waals surface area (Å²) in [5.74, 6) is -0.0820. The quantitative estimate of drug-likeness (QED) is 0.643. The molecule has 7 nitrogen and oxygen atoms in total. The van der Waals surface area contributed by atoms with Crippen LogP contribution in [0.4, 0.5) is 5.82 Å². The van der Waals surface area contributed by atoms with E-state index < -0.39 is 0 Å². The zero-order valence-electron chi connectivity index (χ0n) is 17.3. The zero-order chi connectivity index (χ0) is 21.0. The SMILES string of the molecule is Cc1ccc(COCC(C)NC(=O)c2cc(-c3cnn(C)c3)cnc2N)cc1C. The minimum atomic E-state index is -0.275. The lowest BCUT2D eigenvalue weighted by atomic mass is 10.1. The molecule has 3 rings (SSSR count). The molecule has 0 saturated carbocycles. The highest BCUT2D eigenvalue weighted by atomic mass is 16.5. The molecule has 0 saturated heterocycles. The molecule has 0 aliphatic heterocycles. The molecule has 3 N–H and O–H groups in total. The average molecular weight is 393 g/mol. The topological polar surface area (TPSA) is 95.1 Å². The van der Waals surface area contributed by atoms with Crippen LogP contribution in [0.5, 0.6) is 0 Å². The number of nitrogens with one attached hydrogen (secondary N) is 1. The number of aromatic nitrogens is 3. The van der Waals surface area contributed by atoms with Gasteiger partial charge in [-0.25, -0.2) is 4.98 Å². The van der Waals surface area contributed by atoms with Crippen molar-refractivity contribution in [3.8, 4) is 11.1 Å². The van der Waals surface area contributed by atoms with Crippen LogP contribution in [-0.4, -0.2) is 33.3 Å². The molecular formula is C22H27N5O2. The van der Waals surface area contributed by atoms with Crippen LogP contribution in [0.3, 0.4) is 0 Å². The summed E-state index contributed by atoms with van der Waals surface area (Å²) in [7, 11) is 1.83. The van der Waals surface area contributed by atoms with Crippen molar-refractivity contribution in [2.24, 2.45) is 7.05 Å². The average Bonchev–Trinajstić information content (AvgIpc) is 3.11. The van der Waals surface area contributed by atoms with Gasteiger partial charge in [-0.3, -0.25) is 9.48 Å². The fourth-order valence-corrected chi connectivity index (χ4v) is 2.98. The second-order valence-corrected chi connectivity index (χ2v) is 7.37. The molecule has 0 aliphatic rings. The molecule has 1 amide bonds. The Kier molecular flexibility index (Phi) is 6.29. The van der Waals surface area contributed by atoms with E-state index in [1.165, 1.54) is 11.1 Å². The van der Waals surface area contributed by atoms with Crippen LogP contribution < -0.4 is 11.1 Å². The fourth-order valence-electron chi connectivity index (χ4n) is 2.98. The third-order valence-corrected chi connectivity index (χ3v) is 4.79. The summed E-state index contributed by atoms with van der Waals surface area (Å²) in [6.45, 7) is 6.96. The van der Waals surface area contributed by atoms with Crippen LogP contribution in [0.1, 0.15) is 34.0 Å². The molecule has 152 valence electrons. The largest absolute Gasteiger partial charge is 0.383 e. The molecule has 0 bridgehead atoms. The number of aryl methyl sites for hydroxylation is 3. The molecule has 0 aliphatic carbocycles. The molecule has 2 aromatic heterocycles. The highest BCUT2D eigenvalue weighted by molar-refractivity contribution is 5.99. The summed E-state index contributed by atoms with van der Waals surface area (Å²) in [6, 6.07) is 7.83. The van der Waals surface area contributed by atoms with Gasteiger partial charge in [0.15, 0.2) is 0 Å². The van der Waals surface area contributed by atoms with E-state index in [1.807, 2.05) is 20.2 Å². The first-order valence-electron chi connectivity index (χ1n) is 9.52. The number of pyridine rings is 1. The first-order valence-corrected chi connectivity index (χ1v) is 9.52. The van der Waals surface area contributed by atoms with Gasteiger partial charge in [0.2, 0.25) is 0 Å². The second-order valence-electron chi connectivity index (χ2n) is 7.37. The number of anilines is 1. The van der Waals surface area contributed by atoms with E-state index in [9.17, 15) is 4.79 Å². The highest BCUT2D eigenvalue weighted by Gasteiger charge is 2.15. The zero-order valence-corrected chi connectivity index (χ0v) is 17.3. The Balaban J connectivity index is 1.58. The number of hydrogen-bond donors (Lipinski definition) is 2. The Hall–Kier alpha value is -3.19. The molecule has 1 aromatic carbocycles. The lowest BCUT2D eigenvalue weighted by Gasteiger charge is -2.15. The monoisotopic (exact) mass is 393 g/mol. The van der Waals surface area contributed by atoms with Crippen molar-refractivity contribution in [1.29, 1.82) is 0 Å². The van der Waals surface area contributed by atoms with Crippen molar-refractivity contribution in [2.75, 3.05) is 12.3 Å². The summed E-state index contributed by atoms with van der Waals surface area (Å²) in [5.41, 5.74) is 11.5. The third-order valence-electron chi connectivity index (χ3n) is 4.79. The van der Waals surface area contributed by atoms with Gasteiger partial charge in [0.1, 0.15) is 5.82 Å². The van der Waals surface area contributed by atoms with Crippen LogP contribution in [0.2, 0.25) is 0 Å². The minimum Gasteiger partial charge on any atom is -0.383 e. The van der Waals surface area contributed by atoms with E-state index in [0.29, 0.717) is 18.8 Å². The Morgan fingerprint density at radius 2 is 2.00 bits per heavy atom. The van der Waals surface area contributed by atoms with Gasteiger partial charge in [-0.1, -0.05) is 18.2 Å². The molecule has 2 heterocycles. The van der Waals surface area contributed by atoms with Crippen molar-refractivity contribution >= 4 is 11.7 Å². The molecule has 3 aromatic rings. The maximum absolute atomic E-state index is 12.7. The molecule has 0 spiro atoms. The minimum absolute atomic E-state index is 0.171. The maximum Gasteiger partial charge on any atom is 0.255 e. The smallest absolute Gasteiger partial charge is 0.255 e. The van der Waals surface area contributed by atoms with E-state index in [2.05, 4.69) is 47.4 Å². The lowest BCUT2D eigenvalue weighted by molar-refractivity contribution is 0.0821. The molecule has 1 atom stereocenters. The number of nitrogen functional groups attached to an aromatic ring is 1. The van der Waals surface area contributed by atoms with Gasteiger partial charge in [-0.15, -0.1) is 0 Å². The van der Waals surface area contributed by atoms with Gasteiger partial charge in [0.05, 0.1) is 25.0 Å². The van der Waals surface area contributed by atoms with Crippen molar-refractivity contribution in [1.82, 2.24) is 20.1 Å². The van der Waals surface area contributed by atoms with Crippen molar-refractivity contribution in [2.45, 2.75) is 33.4 Å². The number of nitrogens with zero attached hydrogens (tertiary/aromatic N) is 3. The van der Waals surface area contributed by atoms with Gasteiger partial charge in [-0.05, 0) is 43.5 Å². The van der Waals surface area contributed by atoms with E-state index in [4.69, 9.17) is 10.5 Å². The predicted octanol–water partition coefficient (Wildman–Crippen LogP) is 3.02. The Bertz CT molecular complexity index is 1010. The number of carbonyl (C=O) groups is 1. The molecular weight excluding hydrogens is 366 g/mol. The fraction of sp³-hybridized carbons (Fsp3) is 0.318. The molecule has 29 heavy (non-hydrogen) atoms. The van der Waals surface area contributed by atoms with Gasteiger partial charge in [0, 0.05) is 36.6 Å². The number of amides is 1. The van der Waals surface area contributed by atoms with Gasteiger partial charge < -0.3 is 15.8 Å². The van der Waals surface area contributed by atoms with Crippen LogP contribution in [0.25, 0.3) is 11.1 Å². The Labute approximate surface area is 170 Å². The first-order chi connectivity index (χ1) is 13.8. The van der Waals surface area contributed by atoms with Crippen LogP contribution >= 0.6 is 0 Å². The summed E-state index contributed by atoms with van der Waals surface area (Å²) in [6.07, 6.45) is 5.22. The lowest BCUT2D eigenvalue weighted by Crippen LogP contribution is -2.36. The highest BCUT2D eigenvalue weighted by Crippen LogP contribution is 2.21. The third kappa shape index (κ3) is 5.20. The number of ether oxygens (including phenoxy) is 1. The van der Waals surface area contributed by atoms with Gasteiger partial charge in [-0.2, -0.15) is 5.10 Å². The number of hydrogen-bond acceptors (Lipinski definition) is 5. The first kappa shape index (κ1) is 20.5. The Morgan fingerprint density at radius 3 is 2.69 bits per heavy atom. The summed E-state index contributed by atoms with van der Waals surface area (Å²) < 4.78 is 7.46. The summed E-state index contributed by atoms with van der Waals surface area (Å²) >= 11 is 0. The standard InChI is InChI=1S/C22H27N5O2/c1-14-5-6-17(7-15(14)2)13-29-12-16(3)26-22(28)20-8-18(9-24-21(20)23)19-10-25-27(4)11-19/h5-11,16H,12-13H2,1-4H3,(H2,23,24)(H,26,28). The Morgan fingerprint density at radius 1 is 1.21 bits per heavy atom. The molecule has 7 heteroatoms. The van der Waals surface area contributed by atoms with Gasteiger partial charge >= 0.3 is 0 Å².